The number of hydrogen-bond acceptors (Lipinski definition) is 5. The molecule has 2 rings (SSSR count). The molecule has 0 bridgehead atoms. The fourth-order valence-electron chi connectivity index (χ4n) is 2.85. The van der Waals surface area contributed by atoms with Crippen LogP contribution in [-0.4, -0.2) is 65.2 Å². The highest BCUT2D eigenvalue weighted by molar-refractivity contribution is 5.68. The van der Waals surface area contributed by atoms with Crippen LogP contribution in [0, 0.1) is 5.82 Å². The molecule has 1 aliphatic heterocycles. The Labute approximate surface area is 160 Å². The van der Waals surface area contributed by atoms with Crippen molar-refractivity contribution in [2.75, 3.05) is 26.2 Å². The van der Waals surface area contributed by atoms with Crippen molar-refractivity contribution in [1.29, 1.82) is 0 Å². The number of aliphatic hydroxyl groups is 1. The van der Waals surface area contributed by atoms with E-state index in [0.717, 1.165) is 12.1 Å². The Hall–Kier alpha value is -2.07. The van der Waals surface area contributed by atoms with Gasteiger partial charge in [0.05, 0.1) is 12.6 Å². The van der Waals surface area contributed by atoms with Gasteiger partial charge in [0.25, 0.3) is 0 Å². The lowest BCUT2D eigenvalue weighted by Crippen LogP contribution is -2.56. The summed E-state index contributed by atoms with van der Waals surface area (Å²) in [6.07, 6.45) is -5.45. The molecule has 1 amide bonds. The SMILES string of the molecule is CC(C)(C)OC(=O)N1CCN(Cc2ccc(OC(F)(F)F)c(F)c2)[C@@H](CO)C1. The average molecular weight is 408 g/mol. The summed E-state index contributed by atoms with van der Waals surface area (Å²) in [5.74, 6) is -2.02. The largest absolute Gasteiger partial charge is 0.573 e. The summed E-state index contributed by atoms with van der Waals surface area (Å²) in [6.45, 7) is 6.20. The highest BCUT2D eigenvalue weighted by Crippen LogP contribution is 2.27. The lowest BCUT2D eigenvalue weighted by atomic mass is 10.1. The Bertz CT molecular complexity index is 691. The molecule has 0 aliphatic carbocycles. The van der Waals surface area contributed by atoms with E-state index in [1.165, 1.54) is 11.0 Å². The quantitative estimate of drug-likeness (QED) is 0.776. The van der Waals surface area contributed by atoms with Crippen LogP contribution in [0.1, 0.15) is 26.3 Å². The third kappa shape index (κ3) is 6.52. The molecule has 158 valence electrons. The van der Waals surface area contributed by atoms with Gasteiger partial charge in [0, 0.05) is 26.2 Å². The number of carbonyl (C=O) groups excluding carboxylic acids is 1. The van der Waals surface area contributed by atoms with Crippen molar-refractivity contribution in [3.8, 4) is 5.75 Å². The van der Waals surface area contributed by atoms with Gasteiger partial charge in [-0.15, -0.1) is 13.2 Å². The van der Waals surface area contributed by atoms with Crippen LogP contribution in [0.25, 0.3) is 0 Å². The van der Waals surface area contributed by atoms with E-state index in [1.807, 2.05) is 4.90 Å². The summed E-state index contributed by atoms with van der Waals surface area (Å²) in [7, 11) is 0. The molecule has 0 aromatic heterocycles. The number of piperazine rings is 1. The number of carbonyl (C=O) groups is 1. The third-order valence-corrected chi connectivity index (χ3v) is 4.07. The second kappa shape index (κ2) is 8.52. The van der Waals surface area contributed by atoms with Crippen LogP contribution < -0.4 is 4.74 Å². The number of nitrogens with zero attached hydrogens (tertiary/aromatic N) is 2. The molecule has 28 heavy (non-hydrogen) atoms. The molecule has 0 unspecified atom stereocenters. The van der Waals surface area contributed by atoms with Gasteiger partial charge >= 0.3 is 12.5 Å². The number of halogens is 4. The first-order valence-corrected chi connectivity index (χ1v) is 8.75. The molecular weight excluding hydrogens is 384 g/mol. The van der Waals surface area contributed by atoms with Crippen LogP contribution in [0.15, 0.2) is 18.2 Å². The number of ether oxygens (including phenoxy) is 2. The van der Waals surface area contributed by atoms with Crippen molar-refractivity contribution in [3.05, 3.63) is 29.6 Å². The number of alkyl halides is 3. The maximum absolute atomic E-state index is 13.9. The molecule has 1 aromatic carbocycles. The van der Waals surface area contributed by atoms with E-state index in [1.54, 1.807) is 20.8 Å². The van der Waals surface area contributed by atoms with Gasteiger partial charge in [-0.25, -0.2) is 9.18 Å². The normalized spacial score (nSPS) is 18.9. The van der Waals surface area contributed by atoms with Gasteiger partial charge in [-0.05, 0) is 38.5 Å². The molecule has 1 aromatic rings. The molecule has 1 saturated heterocycles. The van der Waals surface area contributed by atoms with Crippen molar-refractivity contribution < 1.29 is 36.9 Å². The van der Waals surface area contributed by atoms with E-state index >= 15 is 0 Å². The maximum Gasteiger partial charge on any atom is 0.573 e. The summed E-state index contributed by atoms with van der Waals surface area (Å²) in [6, 6.07) is 2.81. The van der Waals surface area contributed by atoms with Crippen LogP contribution in [0.4, 0.5) is 22.4 Å². The molecule has 1 fully saturated rings. The Morgan fingerprint density at radius 2 is 1.93 bits per heavy atom. The molecule has 10 heteroatoms. The fraction of sp³-hybridized carbons (Fsp3) is 0.611. The minimum absolute atomic E-state index is 0.205. The summed E-state index contributed by atoms with van der Waals surface area (Å²) in [5.41, 5.74) is -0.211. The van der Waals surface area contributed by atoms with Gasteiger partial charge in [0.2, 0.25) is 0 Å². The van der Waals surface area contributed by atoms with Crippen molar-refractivity contribution >= 4 is 6.09 Å². The first kappa shape index (κ1) is 22.2. The van der Waals surface area contributed by atoms with Gasteiger partial charge < -0.3 is 19.5 Å². The smallest absolute Gasteiger partial charge is 0.444 e. The van der Waals surface area contributed by atoms with Gasteiger partial charge in [0.15, 0.2) is 11.6 Å². The molecule has 1 heterocycles. The first-order valence-electron chi connectivity index (χ1n) is 8.75. The first-order chi connectivity index (χ1) is 12.9. The topological polar surface area (TPSA) is 62.2 Å². The van der Waals surface area contributed by atoms with E-state index < -0.39 is 35.7 Å². The second-order valence-electron chi connectivity index (χ2n) is 7.55. The minimum atomic E-state index is -4.97. The molecule has 0 spiro atoms. The Morgan fingerprint density at radius 3 is 2.46 bits per heavy atom. The molecule has 6 nitrogen and oxygen atoms in total. The second-order valence-corrected chi connectivity index (χ2v) is 7.55. The lowest BCUT2D eigenvalue weighted by Gasteiger charge is -2.41. The molecule has 1 atom stereocenters. The lowest BCUT2D eigenvalue weighted by molar-refractivity contribution is -0.275. The van der Waals surface area contributed by atoms with Gasteiger partial charge in [-0.2, -0.15) is 0 Å². The number of benzene rings is 1. The fourth-order valence-corrected chi connectivity index (χ4v) is 2.85. The zero-order valence-corrected chi connectivity index (χ0v) is 15.9. The van der Waals surface area contributed by atoms with E-state index in [-0.39, 0.29) is 19.7 Å². The van der Waals surface area contributed by atoms with Crippen molar-refractivity contribution in [2.24, 2.45) is 0 Å². The molecule has 1 aliphatic rings. The summed E-state index contributed by atoms with van der Waals surface area (Å²) in [4.78, 5) is 15.5. The highest BCUT2D eigenvalue weighted by Gasteiger charge is 2.33. The summed E-state index contributed by atoms with van der Waals surface area (Å²) in [5, 5.41) is 9.66. The molecular formula is C18H24F4N2O4. The highest BCUT2D eigenvalue weighted by atomic mass is 19.4. The molecule has 1 N–H and O–H groups in total. The van der Waals surface area contributed by atoms with Gasteiger partial charge in [0.1, 0.15) is 5.60 Å². The zero-order chi connectivity index (χ0) is 21.1. The summed E-state index contributed by atoms with van der Waals surface area (Å²) < 4.78 is 59.5. The monoisotopic (exact) mass is 408 g/mol. The van der Waals surface area contributed by atoms with Crippen molar-refractivity contribution in [1.82, 2.24) is 9.80 Å². The average Bonchev–Trinajstić information content (AvgIpc) is 2.55. The predicted molar refractivity (Wildman–Crippen MR) is 92.2 cm³/mol. The maximum atomic E-state index is 13.9. The molecule has 0 radical (unpaired) electrons. The van der Waals surface area contributed by atoms with E-state index in [2.05, 4.69) is 4.74 Å². The number of amides is 1. The number of hydrogen-bond donors (Lipinski definition) is 1. The van der Waals surface area contributed by atoms with E-state index in [4.69, 9.17) is 4.74 Å². The van der Waals surface area contributed by atoms with E-state index in [0.29, 0.717) is 18.7 Å². The van der Waals surface area contributed by atoms with Crippen molar-refractivity contribution in [2.45, 2.75) is 45.3 Å². The van der Waals surface area contributed by atoms with Crippen LogP contribution >= 0.6 is 0 Å². The number of rotatable bonds is 4. The predicted octanol–water partition coefficient (Wildman–Crippen LogP) is 3.14. The van der Waals surface area contributed by atoms with E-state index in [9.17, 15) is 27.5 Å². The standard InChI is InChI=1S/C18H24F4N2O4/c1-17(2,3)28-16(26)24-7-6-23(13(10-24)11-25)9-12-4-5-15(14(19)8-12)27-18(20,21)22/h4-5,8,13,25H,6-7,9-11H2,1-3H3/t13-/m1/s1. The van der Waals surface area contributed by atoms with Crippen LogP contribution in [0.2, 0.25) is 0 Å². The Morgan fingerprint density at radius 1 is 1.25 bits per heavy atom. The Kier molecular flexibility index (Phi) is 6.76. The summed E-state index contributed by atoms with van der Waals surface area (Å²) >= 11 is 0. The number of aliphatic hydroxyl groups excluding tert-OH is 1. The van der Waals surface area contributed by atoms with Crippen LogP contribution in [0.5, 0.6) is 5.75 Å². The van der Waals surface area contributed by atoms with Gasteiger partial charge in [-0.3, -0.25) is 4.90 Å². The minimum Gasteiger partial charge on any atom is -0.444 e. The zero-order valence-electron chi connectivity index (χ0n) is 15.9. The van der Waals surface area contributed by atoms with Gasteiger partial charge in [-0.1, -0.05) is 6.07 Å². The molecule has 0 saturated carbocycles. The Balaban J connectivity index is 2.01. The van der Waals surface area contributed by atoms with Crippen LogP contribution in [0.3, 0.4) is 0 Å². The van der Waals surface area contributed by atoms with Crippen LogP contribution in [-0.2, 0) is 11.3 Å². The third-order valence-electron chi connectivity index (χ3n) is 4.07. The van der Waals surface area contributed by atoms with Crippen molar-refractivity contribution in [3.63, 3.8) is 0 Å².